The van der Waals surface area contributed by atoms with E-state index < -0.39 is 0 Å². The first-order chi connectivity index (χ1) is 15.7. The van der Waals surface area contributed by atoms with Crippen LogP contribution in [0, 0.1) is 0 Å². The van der Waals surface area contributed by atoms with Gasteiger partial charge in [-0.25, -0.2) is 0 Å². The molecule has 0 atom stereocenters. The fourth-order valence-corrected chi connectivity index (χ4v) is 3.99. The lowest BCUT2D eigenvalue weighted by molar-refractivity contribution is -0.118. The van der Waals surface area contributed by atoms with Crippen LogP contribution in [0.5, 0.6) is 23.0 Å². The molecular weight excluding hydrogens is 404 g/mol. The lowest BCUT2D eigenvalue weighted by atomic mass is 9.99. The number of aromatic nitrogens is 1. The lowest BCUT2D eigenvalue weighted by Crippen LogP contribution is -2.36. The van der Waals surface area contributed by atoms with Crippen LogP contribution in [0.2, 0.25) is 0 Å². The van der Waals surface area contributed by atoms with Gasteiger partial charge in [0, 0.05) is 23.3 Å². The van der Waals surface area contributed by atoms with Gasteiger partial charge in [0.05, 0.1) is 32.7 Å². The van der Waals surface area contributed by atoms with Crippen LogP contribution in [0.15, 0.2) is 72.9 Å². The van der Waals surface area contributed by atoms with Gasteiger partial charge in [0.1, 0.15) is 11.5 Å². The van der Waals surface area contributed by atoms with Gasteiger partial charge in [-0.1, -0.05) is 24.3 Å². The Morgan fingerprint density at radius 1 is 0.844 bits per heavy atom. The maximum Gasteiger partial charge on any atom is 0.231 e. The highest BCUT2D eigenvalue weighted by atomic mass is 16.5. The summed E-state index contributed by atoms with van der Waals surface area (Å²) < 4.78 is 16.9. The Labute approximate surface area is 186 Å². The Hall–Kier alpha value is -4.06. The molecule has 0 unspecified atom stereocenters. The molecule has 6 nitrogen and oxygen atoms in total. The molecule has 1 amide bonds. The Morgan fingerprint density at radius 2 is 1.56 bits per heavy atom. The number of hydrogen-bond acceptors (Lipinski definition) is 5. The molecule has 1 aliphatic heterocycles. The predicted molar refractivity (Wildman–Crippen MR) is 123 cm³/mol. The predicted octanol–water partition coefficient (Wildman–Crippen LogP) is 5.13. The average Bonchev–Trinajstić information content (AvgIpc) is 2.83. The number of fused-ring (bicyclic) bond motifs is 2. The normalized spacial score (nSPS) is 13.1. The van der Waals surface area contributed by atoms with Crippen LogP contribution in [0.25, 0.3) is 10.9 Å². The Bertz CT molecular complexity index is 1300. The monoisotopic (exact) mass is 426 g/mol. The number of amides is 1. The largest absolute Gasteiger partial charge is 0.493 e. The van der Waals surface area contributed by atoms with Crippen molar-refractivity contribution >= 4 is 22.5 Å². The van der Waals surface area contributed by atoms with E-state index in [-0.39, 0.29) is 5.91 Å². The maximum absolute atomic E-state index is 12.7. The number of anilines is 1. The first-order valence-electron chi connectivity index (χ1n) is 10.3. The fraction of sp³-hybridized carbons (Fsp3) is 0.154. The molecule has 2 heterocycles. The van der Waals surface area contributed by atoms with Gasteiger partial charge in [0.15, 0.2) is 11.5 Å². The highest BCUT2D eigenvalue weighted by Crippen LogP contribution is 2.37. The van der Waals surface area contributed by atoms with E-state index in [0.717, 1.165) is 22.2 Å². The lowest BCUT2D eigenvalue weighted by Gasteiger charge is -2.29. The molecule has 1 aromatic heterocycles. The van der Waals surface area contributed by atoms with Gasteiger partial charge < -0.3 is 19.1 Å². The smallest absolute Gasteiger partial charge is 0.231 e. The summed E-state index contributed by atoms with van der Waals surface area (Å²) in [5.41, 5.74) is 3.88. The van der Waals surface area contributed by atoms with Crippen LogP contribution in [-0.2, 0) is 17.8 Å². The van der Waals surface area contributed by atoms with Crippen molar-refractivity contribution in [3.63, 3.8) is 0 Å². The van der Waals surface area contributed by atoms with Crippen molar-refractivity contribution in [2.45, 2.75) is 13.0 Å². The van der Waals surface area contributed by atoms with Gasteiger partial charge >= 0.3 is 0 Å². The molecule has 0 bridgehead atoms. The first kappa shape index (κ1) is 19.9. The molecular formula is C26H22N2O4. The van der Waals surface area contributed by atoms with Crippen molar-refractivity contribution in [1.82, 2.24) is 4.98 Å². The molecule has 0 spiro atoms. The molecule has 3 aromatic carbocycles. The van der Waals surface area contributed by atoms with Gasteiger partial charge in [0.2, 0.25) is 5.91 Å². The topological polar surface area (TPSA) is 60.9 Å². The standard InChI is InChI=1S/C26H22N2O4/c1-30-24-14-21-22(15-25(24)31-2)27-12-11-23(21)32-20-9-7-19(8-10-20)28-16-18-6-4-3-5-17(18)13-26(28)29/h3-12,14-15H,13,16H2,1-2H3. The molecule has 0 N–H and O–H groups in total. The molecule has 1 aliphatic rings. The second-order valence-corrected chi connectivity index (χ2v) is 7.55. The highest BCUT2D eigenvalue weighted by Gasteiger charge is 2.23. The third-order valence-corrected chi connectivity index (χ3v) is 5.67. The number of rotatable bonds is 5. The fourth-order valence-electron chi connectivity index (χ4n) is 3.99. The van der Waals surface area contributed by atoms with Crippen molar-refractivity contribution in [2.75, 3.05) is 19.1 Å². The number of carbonyl (C=O) groups is 1. The van der Waals surface area contributed by atoms with Gasteiger partial charge in [-0.2, -0.15) is 0 Å². The molecule has 4 aromatic rings. The molecule has 0 saturated carbocycles. The van der Waals surface area contributed by atoms with Crippen LogP contribution in [0.4, 0.5) is 5.69 Å². The van der Waals surface area contributed by atoms with Crippen molar-refractivity contribution in [3.05, 3.63) is 84.1 Å². The zero-order chi connectivity index (χ0) is 22.1. The van der Waals surface area contributed by atoms with E-state index >= 15 is 0 Å². The number of methoxy groups -OCH3 is 2. The summed E-state index contributed by atoms with van der Waals surface area (Å²) in [6, 6.07) is 21.1. The van der Waals surface area contributed by atoms with Gasteiger partial charge in [-0.05, 0) is 47.5 Å². The zero-order valence-electron chi connectivity index (χ0n) is 17.9. The van der Waals surface area contributed by atoms with Crippen molar-refractivity contribution in [3.8, 4) is 23.0 Å². The second kappa shape index (κ2) is 8.23. The minimum absolute atomic E-state index is 0.0959. The number of pyridine rings is 1. The van der Waals surface area contributed by atoms with E-state index in [4.69, 9.17) is 14.2 Å². The maximum atomic E-state index is 12.7. The summed E-state index contributed by atoms with van der Waals surface area (Å²) in [5.74, 6) is 2.64. The summed E-state index contributed by atoms with van der Waals surface area (Å²) in [4.78, 5) is 18.9. The summed E-state index contributed by atoms with van der Waals surface area (Å²) in [6.07, 6.45) is 2.12. The quantitative estimate of drug-likeness (QED) is 0.443. The molecule has 6 heteroatoms. The summed E-state index contributed by atoms with van der Waals surface area (Å²) in [7, 11) is 3.19. The number of nitrogens with zero attached hydrogens (tertiary/aromatic N) is 2. The van der Waals surface area contributed by atoms with Crippen LogP contribution >= 0.6 is 0 Å². The number of hydrogen-bond donors (Lipinski definition) is 0. The van der Waals surface area contributed by atoms with E-state index in [1.54, 1.807) is 20.4 Å². The average molecular weight is 426 g/mol. The van der Waals surface area contributed by atoms with Crippen molar-refractivity contribution < 1.29 is 19.0 Å². The minimum Gasteiger partial charge on any atom is -0.493 e. The molecule has 32 heavy (non-hydrogen) atoms. The van der Waals surface area contributed by atoms with E-state index in [1.807, 2.05) is 65.6 Å². The molecule has 5 rings (SSSR count). The number of benzene rings is 3. The third kappa shape index (κ3) is 3.60. The van der Waals surface area contributed by atoms with Gasteiger partial charge in [-0.15, -0.1) is 0 Å². The van der Waals surface area contributed by atoms with Gasteiger partial charge in [-0.3, -0.25) is 9.78 Å². The summed E-state index contributed by atoms with van der Waals surface area (Å²) in [5, 5.41) is 0.817. The van der Waals surface area contributed by atoms with E-state index in [1.165, 1.54) is 5.56 Å². The van der Waals surface area contributed by atoms with Crippen LogP contribution in [-0.4, -0.2) is 25.1 Å². The van der Waals surface area contributed by atoms with Crippen LogP contribution in [0.1, 0.15) is 11.1 Å². The van der Waals surface area contributed by atoms with Crippen LogP contribution in [0.3, 0.4) is 0 Å². The molecule has 0 radical (unpaired) electrons. The number of ether oxygens (including phenoxy) is 3. The molecule has 0 saturated heterocycles. The molecule has 160 valence electrons. The van der Waals surface area contributed by atoms with E-state index in [9.17, 15) is 4.79 Å². The SMILES string of the molecule is COc1cc2nccc(Oc3ccc(N4Cc5ccccc5CC4=O)cc3)c2cc1OC. The minimum atomic E-state index is 0.0959. The van der Waals surface area contributed by atoms with Gasteiger partial charge in [0.25, 0.3) is 0 Å². The van der Waals surface area contributed by atoms with Crippen molar-refractivity contribution in [2.24, 2.45) is 0 Å². The van der Waals surface area contributed by atoms with Crippen LogP contribution < -0.4 is 19.1 Å². The van der Waals surface area contributed by atoms with Crippen molar-refractivity contribution in [1.29, 1.82) is 0 Å². The Balaban J connectivity index is 1.41. The summed E-state index contributed by atoms with van der Waals surface area (Å²) >= 11 is 0. The Kier molecular flexibility index (Phi) is 5.11. The van der Waals surface area contributed by atoms with E-state index in [0.29, 0.717) is 36.0 Å². The molecule has 0 fully saturated rings. The Morgan fingerprint density at radius 3 is 2.31 bits per heavy atom. The number of carbonyl (C=O) groups excluding carboxylic acids is 1. The zero-order valence-corrected chi connectivity index (χ0v) is 17.9. The van der Waals surface area contributed by atoms with E-state index in [2.05, 4.69) is 11.1 Å². The second-order valence-electron chi connectivity index (χ2n) is 7.55. The highest BCUT2D eigenvalue weighted by molar-refractivity contribution is 5.96. The summed E-state index contributed by atoms with van der Waals surface area (Å²) in [6.45, 7) is 0.575. The molecule has 0 aliphatic carbocycles. The first-order valence-corrected chi connectivity index (χ1v) is 10.3. The third-order valence-electron chi connectivity index (χ3n) is 5.67.